The van der Waals surface area contributed by atoms with Gasteiger partial charge in [-0.1, -0.05) is 0 Å². The Morgan fingerprint density at radius 1 is 1.29 bits per heavy atom. The van der Waals surface area contributed by atoms with Gasteiger partial charge in [-0.05, 0) is 11.8 Å². The van der Waals surface area contributed by atoms with Crippen molar-refractivity contribution in [3.05, 3.63) is 0 Å². The van der Waals surface area contributed by atoms with E-state index in [2.05, 4.69) is 0 Å². The molecule has 0 rings (SSSR count). The number of nitrogens with one attached hydrogen (secondary N) is 2. The third-order valence-corrected chi connectivity index (χ3v) is 1.37. The number of hydrogen-bond donors (Lipinski definition) is 4. The highest BCUT2D eigenvalue weighted by Crippen LogP contribution is 1.92. The van der Waals surface area contributed by atoms with Crippen molar-refractivity contribution < 1.29 is 24.6 Å². The lowest BCUT2D eigenvalue weighted by Crippen LogP contribution is -2.44. The smallest absolute Gasteiger partial charge is 0.326 e. The average molecular weight is 225 g/mol. The summed E-state index contributed by atoms with van der Waals surface area (Å²) in [5.74, 6) is -3.40. The number of carboxylic acid groups (broad SMARTS) is 2. The van der Waals surface area contributed by atoms with Gasteiger partial charge in [-0.15, -0.1) is 0 Å². The van der Waals surface area contributed by atoms with Gasteiger partial charge in [-0.25, -0.2) is 9.63 Å². The van der Waals surface area contributed by atoms with Crippen molar-refractivity contribution in [2.45, 2.75) is 12.5 Å². The van der Waals surface area contributed by atoms with Crippen LogP contribution in [0.1, 0.15) is 6.42 Å². The molecule has 0 fully saturated rings. The highest BCUT2D eigenvalue weighted by Gasteiger charge is 2.22. The normalized spacial score (nSPS) is 11.8. The fraction of sp³-hybridized carbons (Fsp3) is 0.500. The van der Waals surface area contributed by atoms with Gasteiger partial charge in [0.2, 0.25) is 5.91 Å². The van der Waals surface area contributed by atoms with Crippen LogP contribution in [0, 0.1) is 0 Å². The maximum atomic E-state index is 10.8. The molecule has 0 aliphatic heterocycles. The van der Waals surface area contributed by atoms with Crippen molar-refractivity contribution in [3.63, 3.8) is 0 Å². The summed E-state index contributed by atoms with van der Waals surface area (Å²) in [6.45, 7) is -0.287. The lowest BCUT2D eigenvalue weighted by molar-refractivity contribution is -0.147. The summed E-state index contributed by atoms with van der Waals surface area (Å²) < 4.78 is 0. The predicted octanol–water partition coefficient (Wildman–Crippen LogP) is -1.23. The molecule has 0 aromatic heterocycles. The van der Waals surface area contributed by atoms with Crippen LogP contribution < -0.4 is 10.2 Å². The van der Waals surface area contributed by atoms with Crippen LogP contribution in [-0.2, 0) is 14.4 Å². The molecule has 0 heterocycles. The highest BCUT2D eigenvalue weighted by molar-refractivity contribution is 6.14. The van der Waals surface area contributed by atoms with E-state index in [0.29, 0.717) is 0 Å². The molecule has 8 heteroatoms. The van der Waals surface area contributed by atoms with Gasteiger partial charge in [-0.2, -0.15) is 0 Å². The van der Waals surface area contributed by atoms with Gasteiger partial charge >= 0.3 is 11.9 Å². The number of amides is 1. The Morgan fingerprint density at radius 2 is 1.86 bits per heavy atom. The molecule has 1 atom stereocenters. The second-order valence-corrected chi connectivity index (χ2v) is 2.63. The van der Waals surface area contributed by atoms with E-state index in [1.165, 1.54) is 0 Å². The number of halogens is 1. The number of rotatable bonds is 6. The van der Waals surface area contributed by atoms with Crippen LogP contribution in [-0.4, -0.2) is 40.6 Å². The lowest BCUT2D eigenvalue weighted by Gasteiger charge is -2.11. The molecule has 0 aliphatic carbocycles. The summed E-state index contributed by atoms with van der Waals surface area (Å²) in [5.41, 5.74) is 0. The van der Waals surface area contributed by atoms with Gasteiger partial charge in [-0.3, -0.25) is 9.59 Å². The second-order valence-electron chi connectivity index (χ2n) is 2.37. The first kappa shape index (κ1) is 12.7. The monoisotopic (exact) mass is 224 g/mol. The van der Waals surface area contributed by atoms with Crippen LogP contribution in [0.5, 0.6) is 0 Å². The van der Waals surface area contributed by atoms with E-state index < -0.39 is 30.3 Å². The Hall–Kier alpha value is -1.34. The first-order valence-corrected chi connectivity index (χ1v) is 3.92. The third-order valence-electron chi connectivity index (χ3n) is 1.24. The minimum atomic E-state index is -1.44. The molecule has 0 aromatic rings. The topological polar surface area (TPSA) is 116 Å². The standard InChI is InChI=1S/C6H9ClN2O5/c7-8-2-4(10)9-3(6(13)14)1-5(11)12/h3,8H,1-2H2,(H,9,10)(H,11,12)(H,13,14)/t3-/m0/s1. The molecule has 4 N–H and O–H groups in total. The fourth-order valence-electron chi connectivity index (χ4n) is 0.681. The number of carboxylic acids is 2. The quantitative estimate of drug-likeness (QED) is 0.420. The SMILES string of the molecule is O=C(O)C[C@H](NC(=O)CNCl)C(=O)O. The second kappa shape index (κ2) is 6.17. The van der Waals surface area contributed by atoms with E-state index >= 15 is 0 Å². The van der Waals surface area contributed by atoms with Crippen molar-refractivity contribution in [2.24, 2.45) is 0 Å². The van der Waals surface area contributed by atoms with Gasteiger partial charge in [0.05, 0.1) is 13.0 Å². The van der Waals surface area contributed by atoms with Crippen LogP contribution in [0.2, 0.25) is 0 Å². The van der Waals surface area contributed by atoms with Crippen LogP contribution in [0.15, 0.2) is 0 Å². The fourth-order valence-corrected chi connectivity index (χ4v) is 0.802. The van der Waals surface area contributed by atoms with Crippen molar-refractivity contribution >= 4 is 29.6 Å². The molecule has 0 aromatic carbocycles. The van der Waals surface area contributed by atoms with Crippen molar-refractivity contribution in [2.75, 3.05) is 6.54 Å². The summed E-state index contributed by atoms with van der Waals surface area (Å²) >= 11 is 4.99. The van der Waals surface area contributed by atoms with Gasteiger partial charge in [0.25, 0.3) is 0 Å². The molecule has 0 spiro atoms. The Kier molecular flexibility index (Phi) is 5.58. The molecule has 0 saturated carbocycles. The Morgan fingerprint density at radius 3 is 2.21 bits per heavy atom. The first-order chi connectivity index (χ1) is 6.47. The summed E-state index contributed by atoms with van der Waals surface area (Å²) in [5, 5.41) is 18.8. The van der Waals surface area contributed by atoms with E-state index in [1.807, 2.05) is 10.2 Å². The van der Waals surface area contributed by atoms with E-state index in [4.69, 9.17) is 22.0 Å². The van der Waals surface area contributed by atoms with Crippen LogP contribution >= 0.6 is 11.8 Å². The average Bonchev–Trinajstić information content (AvgIpc) is 2.02. The van der Waals surface area contributed by atoms with Crippen molar-refractivity contribution in [1.29, 1.82) is 0 Å². The molecular weight excluding hydrogens is 216 g/mol. The largest absolute Gasteiger partial charge is 0.481 e. The summed E-state index contributed by atoms with van der Waals surface area (Å²) in [6, 6.07) is -1.44. The maximum Gasteiger partial charge on any atom is 0.326 e. The van der Waals surface area contributed by atoms with E-state index in [0.717, 1.165) is 0 Å². The van der Waals surface area contributed by atoms with Crippen LogP contribution in [0.25, 0.3) is 0 Å². The lowest BCUT2D eigenvalue weighted by atomic mass is 10.2. The zero-order valence-electron chi connectivity index (χ0n) is 6.99. The van der Waals surface area contributed by atoms with Crippen molar-refractivity contribution in [1.82, 2.24) is 10.2 Å². The number of carbonyl (C=O) groups excluding carboxylic acids is 1. The van der Waals surface area contributed by atoms with Gasteiger partial charge in [0.15, 0.2) is 0 Å². The maximum absolute atomic E-state index is 10.8. The molecule has 0 bridgehead atoms. The number of hydrogen-bond acceptors (Lipinski definition) is 4. The third kappa shape index (κ3) is 5.33. The molecule has 0 aliphatic rings. The van der Waals surface area contributed by atoms with E-state index in [1.54, 1.807) is 0 Å². The zero-order valence-corrected chi connectivity index (χ0v) is 7.74. The summed E-state index contributed by atoms with van der Waals surface area (Å²) in [6.07, 6.45) is -0.677. The van der Waals surface area contributed by atoms with Crippen LogP contribution in [0.4, 0.5) is 0 Å². The molecule has 7 nitrogen and oxygen atoms in total. The summed E-state index contributed by atoms with van der Waals surface area (Å²) in [4.78, 5) is 33.5. The zero-order chi connectivity index (χ0) is 11.1. The minimum absolute atomic E-state index is 0.287. The molecule has 0 saturated heterocycles. The Bertz CT molecular complexity index is 244. The number of aliphatic carboxylic acids is 2. The highest BCUT2D eigenvalue weighted by atomic mass is 35.5. The van der Waals surface area contributed by atoms with Gasteiger partial charge in [0.1, 0.15) is 6.04 Å². The molecule has 0 radical (unpaired) electrons. The molecule has 14 heavy (non-hydrogen) atoms. The Balaban J connectivity index is 4.16. The van der Waals surface area contributed by atoms with E-state index in [9.17, 15) is 14.4 Å². The van der Waals surface area contributed by atoms with Gasteiger partial charge < -0.3 is 15.5 Å². The number of carbonyl (C=O) groups is 3. The Labute approximate surface area is 84.2 Å². The molecule has 0 unspecified atom stereocenters. The summed E-state index contributed by atoms with van der Waals surface area (Å²) in [7, 11) is 0. The minimum Gasteiger partial charge on any atom is -0.481 e. The van der Waals surface area contributed by atoms with Crippen LogP contribution in [0.3, 0.4) is 0 Å². The molecule has 1 amide bonds. The first-order valence-electron chi connectivity index (χ1n) is 3.54. The molecular formula is C6H9ClN2O5. The molecule has 80 valence electrons. The predicted molar refractivity (Wildman–Crippen MR) is 45.7 cm³/mol. The van der Waals surface area contributed by atoms with Gasteiger partial charge in [0, 0.05) is 0 Å². The van der Waals surface area contributed by atoms with E-state index in [-0.39, 0.29) is 6.54 Å². The van der Waals surface area contributed by atoms with Crippen molar-refractivity contribution in [3.8, 4) is 0 Å².